The molecule has 1 heterocycles. The average molecular weight is 280 g/mol. The van der Waals surface area contributed by atoms with Crippen molar-refractivity contribution in [1.29, 1.82) is 0 Å². The summed E-state index contributed by atoms with van der Waals surface area (Å²) in [6.07, 6.45) is -1.75. The third kappa shape index (κ3) is 6.60. The van der Waals surface area contributed by atoms with E-state index in [0.29, 0.717) is 19.4 Å². The Hall–Kier alpha value is -1.84. The molecule has 0 unspecified atom stereocenters. The van der Waals surface area contributed by atoms with Crippen molar-refractivity contribution in [3.05, 3.63) is 6.20 Å². The molecule has 0 aliphatic heterocycles. The molecule has 0 radical (unpaired) electrons. The lowest BCUT2D eigenvalue weighted by atomic mass is 10.3. The van der Waals surface area contributed by atoms with Crippen LogP contribution in [0.2, 0.25) is 0 Å². The van der Waals surface area contributed by atoms with Gasteiger partial charge in [-0.15, -0.1) is 5.10 Å². The number of nitrogens with two attached hydrogens (primary N) is 1. The molecular formula is C9H15F3N6O. The summed E-state index contributed by atoms with van der Waals surface area (Å²) in [5, 5.41) is 18.8. The first-order valence-corrected chi connectivity index (χ1v) is 5.55. The third-order valence-corrected chi connectivity index (χ3v) is 1.99. The van der Waals surface area contributed by atoms with Crippen LogP contribution in [0.4, 0.5) is 19.0 Å². The molecule has 0 bridgehead atoms. The van der Waals surface area contributed by atoms with Gasteiger partial charge in [-0.25, -0.2) is 4.99 Å². The first kappa shape index (κ1) is 15.2. The largest absolute Gasteiger partial charge is 0.408 e. The van der Waals surface area contributed by atoms with Gasteiger partial charge in [0.15, 0.2) is 11.8 Å². The van der Waals surface area contributed by atoms with Crippen LogP contribution in [0.3, 0.4) is 0 Å². The van der Waals surface area contributed by atoms with Crippen molar-refractivity contribution >= 4 is 11.8 Å². The minimum absolute atomic E-state index is 0.0867. The van der Waals surface area contributed by atoms with E-state index >= 15 is 0 Å². The van der Waals surface area contributed by atoms with Crippen molar-refractivity contribution in [2.75, 3.05) is 18.5 Å². The van der Waals surface area contributed by atoms with Crippen molar-refractivity contribution in [2.45, 2.75) is 25.6 Å². The number of halogens is 3. The quantitative estimate of drug-likeness (QED) is 0.396. The number of aryl methyl sites for hydroxylation is 1. The minimum atomic E-state index is -4.39. The van der Waals surface area contributed by atoms with Crippen molar-refractivity contribution in [3.8, 4) is 0 Å². The van der Waals surface area contributed by atoms with Crippen molar-refractivity contribution < 1.29 is 18.3 Å². The summed E-state index contributed by atoms with van der Waals surface area (Å²) in [6, 6.07) is 0. The molecule has 108 valence electrons. The standard InChI is InChI=1S/C9H15F3N6O/c10-9(11,12)6-14-8(13)16-7-5-15-18(17-7)3-1-2-4-19/h5,19H,1-4,6H2,(H3,13,14,16,17). The van der Waals surface area contributed by atoms with E-state index in [4.69, 9.17) is 10.8 Å². The Morgan fingerprint density at radius 3 is 2.84 bits per heavy atom. The van der Waals surface area contributed by atoms with E-state index in [0.717, 1.165) is 0 Å². The molecule has 0 spiro atoms. The highest BCUT2D eigenvalue weighted by molar-refractivity contribution is 5.91. The molecule has 0 atom stereocenters. The number of aliphatic hydroxyl groups excluding tert-OH is 1. The predicted octanol–water partition coefficient (Wildman–Crippen LogP) is 0.339. The van der Waals surface area contributed by atoms with Crippen LogP contribution >= 0.6 is 0 Å². The molecule has 4 N–H and O–H groups in total. The number of hydrogen-bond donors (Lipinski definition) is 3. The Morgan fingerprint density at radius 1 is 1.47 bits per heavy atom. The summed E-state index contributed by atoms with van der Waals surface area (Å²) in [5.74, 6) is -0.160. The van der Waals surface area contributed by atoms with Crippen LogP contribution in [-0.4, -0.2) is 45.4 Å². The number of aliphatic hydroxyl groups is 1. The van der Waals surface area contributed by atoms with Gasteiger partial charge in [-0.2, -0.15) is 23.1 Å². The molecule has 0 aliphatic carbocycles. The molecular weight excluding hydrogens is 265 g/mol. The van der Waals surface area contributed by atoms with Gasteiger partial charge in [-0.1, -0.05) is 0 Å². The molecule has 19 heavy (non-hydrogen) atoms. The van der Waals surface area contributed by atoms with Gasteiger partial charge < -0.3 is 16.2 Å². The molecule has 0 amide bonds. The minimum Gasteiger partial charge on any atom is -0.396 e. The Kier molecular flexibility index (Phi) is 5.55. The summed E-state index contributed by atoms with van der Waals surface area (Å²) < 4.78 is 35.7. The molecule has 0 aliphatic rings. The molecule has 0 saturated carbocycles. The first-order chi connectivity index (χ1) is 8.90. The zero-order chi connectivity index (χ0) is 14.3. The van der Waals surface area contributed by atoms with Gasteiger partial charge in [0, 0.05) is 6.61 Å². The highest BCUT2D eigenvalue weighted by Crippen LogP contribution is 2.14. The summed E-state index contributed by atoms with van der Waals surface area (Å²) in [7, 11) is 0. The molecule has 10 heteroatoms. The zero-order valence-electron chi connectivity index (χ0n) is 10.1. The number of aliphatic imine (C=N–C) groups is 1. The maximum Gasteiger partial charge on any atom is 0.408 e. The predicted molar refractivity (Wildman–Crippen MR) is 62.5 cm³/mol. The number of aromatic nitrogens is 3. The topological polar surface area (TPSA) is 101 Å². The maximum absolute atomic E-state index is 11.9. The number of nitrogens with zero attached hydrogens (tertiary/aromatic N) is 4. The van der Waals surface area contributed by atoms with Crippen LogP contribution in [0.5, 0.6) is 0 Å². The van der Waals surface area contributed by atoms with E-state index < -0.39 is 12.7 Å². The summed E-state index contributed by atoms with van der Waals surface area (Å²) in [6.45, 7) is -0.762. The van der Waals surface area contributed by atoms with Gasteiger partial charge in [0.1, 0.15) is 6.54 Å². The summed E-state index contributed by atoms with van der Waals surface area (Å²) in [4.78, 5) is 4.48. The second-order valence-corrected chi connectivity index (χ2v) is 3.70. The van der Waals surface area contributed by atoms with Gasteiger partial charge in [-0.05, 0) is 12.8 Å². The van der Waals surface area contributed by atoms with Gasteiger partial charge in [0.25, 0.3) is 0 Å². The molecule has 7 nitrogen and oxygen atoms in total. The number of hydrogen-bond acceptors (Lipinski definition) is 4. The van der Waals surface area contributed by atoms with E-state index in [1.807, 2.05) is 0 Å². The smallest absolute Gasteiger partial charge is 0.396 e. The second kappa shape index (κ2) is 6.92. The fraction of sp³-hybridized carbons (Fsp3) is 0.667. The summed E-state index contributed by atoms with van der Waals surface area (Å²) in [5.41, 5.74) is 5.27. The van der Waals surface area contributed by atoms with E-state index in [-0.39, 0.29) is 18.4 Å². The normalized spacial score (nSPS) is 12.7. The SMILES string of the molecule is NC(=NCC(F)(F)F)Nc1cnn(CCCCO)n1. The van der Waals surface area contributed by atoms with Crippen molar-refractivity contribution in [2.24, 2.45) is 10.7 Å². The van der Waals surface area contributed by atoms with E-state index in [1.165, 1.54) is 11.0 Å². The average Bonchev–Trinajstić information content (AvgIpc) is 2.74. The Labute approximate surface area is 107 Å². The van der Waals surface area contributed by atoms with Crippen molar-refractivity contribution in [3.63, 3.8) is 0 Å². The monoisotopic (exact) mass is 280 g/mol. The molecule has 1 rings (SSSR count). The van der Waals surface area contributed by atoms with Crippen molar-refractivity contribution in [1.82, 2.24) is 15.0 Å². The van der Waals surface area contributed by atoms with Crippen LogP contribution in [0.25, 0.3) is 0 Å². The van der Waals surface area contributed by atoms with Crippen LogP contribution in [0.1, 0.15) is 12.8 Å². The second-order valence-electron chi connectivity index (χ2n) is 3.70. The van der Waals surface area contributed by atoms with Crippen LogP contribution in [-0.2, 0) is 6.54 Å². The fourth-order valence-corrected chi connectivity index (χ4v) is 1.17. The zero-order valence-corrected chi connectivity index (χ0v) is 10.1. The third-order valence-electron chi connectivity index (χ3n) is 1.99. The fourth-order valence-electron chi connectivity index (χ4n) is 1.17. The highest BCUT2D eigenvalue weighted by Gasteiger charge is 2.26. The van der Waals surface area contributed by atoms with Crippen LogP contribution < -0.4 is 11.1 Å². The Bertz CT molecular complexity index is 416. The van der Waals surface area contributed by atoms with Gasteiger partial charge in [0.05, 0.1) is 12.7 Å². The van der Waals surface area contributed by atoms with Gasteiger partial charge in [0.2, 0.25) is 0 Å². The summed E-state index contributed by atoms with van der Waals surface area (Å²) >= 11 is 0. The molecule has 1 aromatic rings. The molecule has 1 aromatic heterocycles. The first-order valence-electron chi connectivity index (χ1n) is 5.55. The van der Waals surface area contributed by atoms with E-state index in [1.54, 1.807) is 0 Å². The van der Waals surface area contributed by atoms with E-state index in [2.05, 4.69) is 20.5 Å². The Morgan fingerprint density at radius 2 is 2.21 bits per heavy atom. The Balaban J connectivity index is 2.44. The molecule has 0 aromatic carbocycles. The lowest BCUT2D eigenvalue weighted by molar-refractivity contribution is -0.118. The molecule has 0 saturated heterocycles. The van der Waals surface area contributed by atoms with Crippen LogP contribution in [0.15, 0.2) is 11.2 Å². The van der Waals surface area contributed by atoms with E-state index in [9.17, 15) is 13.2 Å². The molecule has 0 fully saturated rings. The van der Waals surface area contributed by atoms with Crippen LogP contribution in [0, 0.1) is 0 Å². The number of guanidine groups is 1. The lowest BCUT2D eigenvalue weighted by Gasteiger charge is -2.04. The highest BCUT2D eigenvalue weighted by atomic mass is 19.4. The number of rotatable bonds is 6. The van der Waals surface area contributed by atoms with Gasteiger partial charge >= 0.3 is 6.18 Å². The maximum atomic E-state index is 11.9. The van der Waals surface area contributed by atoms with Gasteiger partial charge in [-0.3, -0.25) is 0 Å². The number of unbranched alkanes of at least 4 members (excludes halogenated alkanes) is 1. The lowest BCUT2D eigenvalue weighted by Crippen LogP contribution is -2.25. The number of anilines is 1. The number of nitrogens with one attached hydrogen (secondary N) is 1. The number of alkyl halides is 3.